The van der Waals surface area contributed by atoms with Crippen molar-refractivity contribution in [2.24, 2.45) is 0 Å². The van der Waals surface area contributed by atoms with Crippen LogP contribution in [0.3, 0.4) is 0 Å². The number of rotatable bonds is 12. The molecular weight excluding hydrogens is 468 g/mol. The van der Waals surface area contributed by atoms with Crippen LogP contribution in [-0.4, -0.2) is 48.0 Å². The Morgan fingerprint density at radius 1 is 1.06 bits per heavy atom. The van der Waals surface area contributed by atoms with Gasteiger partial charge in [0.2, 0.25) is 5.88 Å². The largest absolute Gasteiger partial charge is 0.493 e. The second-order valence-corrected chi connectivity index (χ2v) is 9.05. The van der Waals surface area contributed by atoms with Crippen LogP contribution in [0.15, 0.2) is 42.5 Å². The molecule has 0 aliphatic rings. The summed E-state index contributed by atoms with van der Waals surface area (Å²) >= 11 is 1.58. The number of nitrogens with one attached hydrogen (secondary N) is 1. The van der Waals surface area contributed by atoms with Gasteiger partial charge in [-0.15, -0.1) is 11.3 Å². The van der Waals surface area contributed by atoms with Gasteiger partial charge in [0.15, 0.2) is 11.5 Å². The van der Waals surface area contributed by atoms with Crippen molar-refractivity contribution in [2.75, 3.05) is 26.9 Å². The normalized spacial score (nSPS) is 10.9. The summed E-state index contributed by atoms with van der Waals surface area (Å²) in [5.41, 5.74) is 2.50. The van der Waals surface area contributed by atoms with Crippen LogP contribution in [0, 0.1) is 6.92 Å². The number of aliphatic carboxylic acids is 1. The second kappa shape index (κ2) is 11.1. The minimum absolute atomic E-state index is 0.0373. The van der Waals surface area contributed by atoms with Crippen molar-refractivity contribution in [3.05, 3.63) is 53.0 Å². The first-order valence-electron chi connectivity index (χ1n) is 11.3. The lowest BCUT2D eigenvalue weighted by Crippen LogP contribution is -2.05. The van der Waals surface area contributed by atoms with E-state index < -0.39 is 5.97 Å². The number of H-pyrrole nitrogens is 1. The number of aryl methyl sites for hydroxylation is 1. The highest BCUT2D eigenvalue weighted by atomic mass is 32.1. The SMILES string of the molecule is CCOc1nc(-c2ccc(OCCCOc3ccc4[nH]c(CC(=O)O)cc4c3)c(OC)c2)sc1C. The summed E-state index contributed by atoms with van der Waals surface area (Å²) in [5.74, 6) is 1.83. The molecule has 4 aromatic rings. The smallest absolute Gasteiger partial charge is 0.309 e. The average molecular weight is 497 g/mol. The molecule has 0 amide bonds. The van der Waals surface area contributed by atoms with E-state index in [2.05, 4.69) is 9.97 Å². The lowest BCUT2D eigenvalue weighted by Gasteiger charge is -2.12. The predicted octanol–water partition coefficient (Wildman–Crippen LogP) is 5.48. The summed E-state index contributed by atoms with van der Waals surface area (Å²) in [6.07, 6.45) is 0.647. The molecule has 0 unspecified atom stereocenters. The zero-order valence-electron chi connectivity index (χ0n) is 19.9. The summed E-state index contributed by atoms with van der Waals surface area (Å²) in [6, 6.07) is 13.3. The van der Waals surface area contributed by atoms with Gasteiger partial charge >= 0.3 is 5.97 Å². The van der Waals surface area contributed by atoms with E-state index in [1.807, 2.05) is 56.3 Å². The van der Waals surface area contributed by atoms with E-state index in [0.29, 0.717) is 49.3 Å². The van der Waals surface area contributed by atoms with Crippen LogP contribution >= 0.6 is 11.3 Å². The van der Waals surface area contributed by atoms with Crippen LogP contribution in [0.1, 0.15) is 23.9 Å². The Balaban J connectivity index is 1.30. The van der Waals surface area contributed by atoms with Gasteiger partial charge in [-0.3, -0.25) is 4.79 Å². The van der Waals surface area contributed by atoms with Gasteiger partial charge in [0, 0.05) is 28.6 Å². The van der Waals surface area contributed by atoms with Crippen molar-refractivity contribution in [3.63, 3.8) is 0 Å². The molecule has 0 fully saturated rings. The fourth-order valence-corrected chi connectivity index (χ4v) is 4.50. The number of thiazole rings is 1. The van der Waals surface area contributed by atoms with Gasteiger partial charge in [0.25, 0.3) is 0 Å². The first-order valence-corrected chi connectivity index (χ1v) is 12.2. The minimum Gasteiger partial charge on any atom is -0.493 e. The van der Waals surface area contributed by atoms with E-state index in [-0.39, 0.29) is 6.42 Å². The van der Waals surface area contributed by atoms with Gasteiger partial charge < -0.3 is 29.0 Å². The van der Waals surface area contributed by atoms with Gasteiger partial charge in [0.1, 0.15) is 10.8 Å². The number of aromatic amines is 1. The highest BCUT2D eigenvalue weighted by molar-refractivity contribution is 7.15. The Bertz CT molecular complexity index is 1310. The van der Waals surface area contributed by atoms with Gasteiger partial charge in [-0.2, -0.15) is 0 Å². The highest BCUT2D eigenvalue weighted by Gasteiger charge is 2.13. The van der Waals surface area contributed by atoms with Crippen molar-refractivity contribution in [1.82, 2.24) is 9.97 Å². The predicted molar refractivity (Wildman–Crippen MR) is 135 cm³/mol. The number of carboxylic acids is 1. The van der Waals surface area contributed by atoms with Crippen molar-refractivity contribution in [3.8, 4) is 33.7 Å². The summed E-state index contributed by atoms with van der Waals surface area (Å²) in [6.45, 7) is 5.47. The van der Waals surface area contributed by atoms with Crippen molar-refractivity contribution in [1.29, 1.82) is 0 Å². The molecule has 4 rings (SSSR count). The Morgan fingerprint density at radius 2 is 1.89 bits per heavy atom. The zero-order valence-corrected chi connectivity index (χ0v) is 20.7. The molecule has 2 heterocycles. The second-order valence-electron chi connectivity index (χ2n) is 7.84. The number of hydrogen-bond acceptors (Lipinski definition) is 7. The monoisotopic (exact) mass is 496 g/mol. The number of carboxylic acid groups (broad SMARTS) is 1. The first kappa shape index (κ1) is 24.4. The molecule has 35 heavy (non-hydrogen) atoms. The number of ether oxygens (including phenoxy) is 4. The summed E-state index contributed by atoms with van der Waals surface area (Å²) in [5, 5.41) is 10.7. The Kier molecular flexibility index (Phi) is 7.77. The quantitative estimate of drug-likeness (QED) is 0.250. The van der Waals surface area contributed by atoms with Crippen molar-refractivity contribution < 1.29 is 28.8 Å². The molecule has 0 bridgehead atoms. The van der Waals surface area contributed by atoms with E-state index in [1.54, 1.807) is 18.4 Å². The molecule has 8 nitrogen and oxygen atoms in total. The number of benzene rings is 2. The Morgan fingerprint density at radius 3 is 2.66 bits per heavy atom. The first-order chi connectivity index (χ1) is 17.0. The fraction of sp³-hybridized carbons (Fsp3) is 0.308. The maximum atomic E-state index is 10.9. The molecule has 0 radical (unpaired) electrons. The van der Waals surface area contributed by atoms with Crippen LogP contribution in [0.2, 0.25) is 0 Å². The Hall–Kier alpha value is -3.72. The topological polar surface area (TPSA) is 103 Å². The van der Waals surface area contributed by atoms with Crippen LogP contribution in [0.4, 0.5) is 0 Å². The van der Waals surface area contributed by atoms with Gasteiger partial charge in [-0.1, -0.05) is 0 Å². The van der Waals surface area contributed by atoms with Crippen molar-refractivity contribution >= 4 is 28.2 Å². The lowest BCUT2D eigenvalue weighted by atomic mass is 10.2. The third-order valence-corrected chi connectivity index (χ3v) is 6.25. The average Bonchev–Trinajstić information content (AvgIpc) is 3.40. The van der Waals surface area contributed by atoms with E-state index in [9.17, 15) is 4.79 Å². The van der Waals surface area contributed by atoms with Crippen LogP contribution in [0.25, 0.3) is 21.5 Å². The standard InChI is InChI=1S/C26H28N2O6S/c1-4-32-25-16(2)35-26(28-25)17-6-9-22(23(14-17)31-3)34-11-5-10-33-20-7-8-21-18(13-20)12-19(27-21)15-24(29)30/h6-9,12-14,27H,4-5,10-11,15H2,1-3H3,(H,29,30). The van der Waals surface area contributed by atoms with E-state index in [0.717, 1.165) is 32.1 Å². The number of hydrogen-bond donors (Lipinski definition) is 2. The zero-order chi connectivity index (χ0) is 24.8. The van der Waals surface area contributed by atoms with Gasteiger partial charge in [0.05, 0.1) is 38.2 Å². The van der Waals surface area contributed by atoms with Crippen LogP contribution in [-0.2, 0) is 11.2 Å². The number of carbonyl (C=O) groups is 1. The summed E-state index contributed by atoms with van der Waals surface area (Å²) in [7, 11) is 1.62. The van der Waals surface area contributed by atoms with Crippen LogP contribution < -0.4 is 18.9 Å². The van der Waals surface area contributed by atoms with Gasteiger partial charge in [-0.05, 0) is 56.3 Å². The minimum atomic E-state index is -0.867. The van der Waals surface area contributed by atoms with E-state index in [4.69, 9.17) is 24.1 Å². The van der Waals surface area contributed by atoms with Gasteiger partial charge in [-0.25, -0.2) is 4.98 Å². The maximum absolute atomic E-state index is 10.9. The number of fused-ring (bicyclic) bond motifs is 1. The fourth-order valence-electron chi connectivity index (χ4n) is 3.65. The van der Waals surface area contributed by atoms with Crippen LogP contribution in [0.5, 0.6) is 23.1 Å². The molecule has 0 atom stereocenters. The molecule has 0 saturated heterocycles. The number of nitrogens with zero attached hydrogens (tertiary/aromatic N) is 1. The van der Waals surface area contributed by atoms with Crippen molar-refractivity contribution in [2.45, 2.75) is 26.7 Å². The molecule has 2 N–H and O–H groups in total. The molecule has 0 aliphatic heterocycles. The highest BCUT2D eigenvalue weighted by Crippen LogP contribution is 2.37. The molecule has 0 saturated carbocycles. The maximum Gasteiger partial charge on any atom is 0.309 e. The Labute approximate surface area is 207 Å². The number of aromatic nitrogens is 2. The lowest BCUT2D eigenvalue weighted by molar-refractivity contribution is -0.136. The van der Waals surface area contributed by atoms with E-state index >= 15 is 0 Å². The third-order valence-electron chi connectivity index (χ3n) is 5.25. The molecule has 184 valence electrons. The molecule has 9 heteroatoms. The molecule has 2 aromatic carbocycles. The summed E-state index contributed by atoms with van der Waals surface area (Å²) < 4.78 is 22.9. The third kappa shape index (κ3) is 6.05. The summed E-state index contributed by atoms with van der Waals surface area (Å²) in [4.78, 5) is 19.6. The van der Waals surface area contributed by atoms with E-state index in [1.165, 1.54) is 0 Å². The molecule has 0 aliphatic carbocycles. The molecular formula is C26H28N2O6S. The number of methoxy groups -OCH3 is 1. The molecule has 2 aromatic heterocycles. The molecule has 0 spiro atoms.